The molecular formula is C21H30N4O3S. The van der Waals surface area contributed by atoms with Crippen LogP contribution in [-0.4, -0.2) is 59.7 Å². The van der Waals surface area contributed by atoms with Gasteiger partial charge >= 0.3 is 0 Å². The van der Waals surface area contributed by atoms with Crippen LogP contribution in [0.3, 0.4) is 0 Å². The fraction of sp³-hybridized carbons (Fsp3) is 0.619. The number of aromatic nitrogens is 2. The molecule has 8 heteroatoms. The molecule has 0 unspecified atom stereocenters. The van der Waals surface area contributed by atoms with E-state index in [0.29, 0.717) is 30.7 Å². The van der Waals surface area contributed by atoms with E-state index < -0.39 is 15.4 Å². The van der Waals surface area contributed by atoms with Crippen LogP contribution in [0.1, 0.15) is 49.5 Å². The predicted octanol–water partition coefficient (Wildman–Crippen LogP) is 2.54. The second kappa shape index (κ2) is 7.49. The number of nitrogens with zero attached hydrogens (tertiary/aromatic N) is 4. The first-order valence-corrected chi connectivity index (χ1v) is 11.9. The third kappa shape index (κ3) is 3.73. The molecule has 0 bridgehead atoms. The normalized spacial score (nSPS) is 25.8. The summed E-state index contributed by atoms with van der Waals surface area (Å²) in [5.41, 5.74) is 2.18. The Balaban J connectivity index is 1.57. The van der Waals surface area contributed by atoms with Crippen LogP contribution in [0.4, 0.5) is 0 Å². The van der Waals surface area contributed by atoms with Crippen LogP contribution in [-0.2, 0) is 22.0 Å². The van der Waals surface area contributed by atoms with Crippen molar-refractivity contribution in [2.45, 2.75) is 45.6 Å². The molecule has 158 valence electrons. The Morgan fingerprint density at radius 3 is 2.52 bits per heavy atom. The molecule has 7 nitrogen and oxygen atoms in total. The summed E-state index contributed by atoms with van der Waals surface area (Å²) in [4.78, 5) is 6.91. The molecule has 3 heterocycles. The molecule has 1 aromatic heterocycles. The zero-order valence-corrected chi connectivity index (χ0v) is 18.4. The maximum atomic E-state index is 12.5. The minimum Gasteiger partial charge on any atom is -0.339 e. The van der Waals surface area contributed by atoms with Crippen molar-refractivity contribution in [1.29, 1.82) is 0 Å². The first-order chi connectivity index (χ1) is 13.7. The third-order valence-electron chi connectivity index (χ3n) is 6.41. The Morgan fingerprint density at radius 2 is 1.93 bits per heavy atom. The number of benzene rings is 1. The van der Waals surface area contributed by atoms with E-state index >= 15 is 0 Å². The summed E-state index contributed by atoms with van der Waals surface area (Å²) >= 11 is 0. The van der Waals surface area contributed by atoms with Gasteiger partial charge in [-0.1, -0.05) is 43.3 Å². The fourth-order valence-corrected chi connectivity index (χ4v) is 5.91. The highest BCUT2D eigenvalue weighted by molar-refractivity contribution is 7.89. The summed E-state index contributed by atoms with van der Waals surface area (Å²) in [6.45, 7) is 11.2. The van der Waals surface area contributed by atoms with Crippen LogP contribution < -0.4 is 0 Å². The number of sulfonamides is 1. The number of fused-ring (bicyclic) bond motifs is 1. The standard InChI is InChI=1S/C21H30N4O3S/c1-5-29(26,27)25-12-19-11-24(10-17-6-8-18(9-7-17)15(2)3)13-21(19,14-25)20-22-16(4)23-28-20/h6-9,15,19H,5,10-14H2,1-4H3/t19-,21-/m0/s1. The maximum absolute atomic E-state index is 12.5. The Kier molecular flexibility index (Phi) is 5.29. The van der Waals surface area contributed by atoms with Crippen molar-refractivity contribution in [3.05, 3.63) is 47.1 Å². The van der Waals surface area contributed by atoms with Crippen molar-refractivity contribution < 1.29 is 12.9 Å². The summed E-state index contributed by atoms with van der Waals surface area (Å²) in [6, 6.07) is 8.79. The second-order valence-corrected chi connectivity index (χ2v) is 11.0. The molecule has 0 aliphatic carbocycles. The molecule has 2 aromatic rings. The molecule has 2 saturated heterocycles. The first-order valence-electron chi connectivity index (χ1n) is 10.3. The Morgan fingerprint density at radius 1 is 1.21 bits per heavy atom. The lowest BCUT2D eigenvalue weighted by atomic mass is 9.81. The zero-order valence-electron chi connectivity index (χ0n) is 17.6. The lowest BCUT2D eigenvalue weighted by Gasteiger charge is -2.25. The Bertz CT molecular complexity index is 970. The van der Waals surface area contributed by atoms with E-state index in [4.69, 9.17) is 4.52 Å². The number of rotatable bonds is 6. The quantitative estimate of drug-likeness (QED) is 0.717. The molecule has 2 aliphatic heterocycles. The van der Waals surface area contributed by atoms with Crippen molar-refractivity contribution >= 4 is 10.0 Å². The van der Waals surface area contributed by atoms with E-state index in [-0.39, 0.29) is 11.7 Å². The van der Waals surface area contributed by atoms with Gasteiger partial charge < -0.3 is 4.52 Å². The monoisotopic (exact) mass is 418 g/mol. The van der Waals surface area contributed by atoms with Gasteiger partial charge in [0.05, 0.1) is 11.2 Å². The summed E-state index contributed by atoms with van der Waals surface area (Å²) in [7, 11) is -3.24. The van der Waals surface area contributed by atoms with Gasteiger partial charge in [-0.05, 0) is 30.9 Å². The predicted molar refractivity (Wildman–Crippen MR) is 111 cm³/mol. The molecule has 0 amide bonds. The largest absolute Gasteiger partial charge is 0.339 e. The molecule has 0 spiro atoms. The number of likely N-dealkylation sites (tertiary alicyclic amines) is 1. The van der Waals surface area contributed by atoms with Gasteiger partial charge in [0, 0.05) is 38.6 Å². The minimum atomic E-state index is -3.24. The Labute approximate surface area is 173 Å². The van der Waals surface area contributed by atoms with Crippen LogP contribution >= 0.6 is 0 Å². The van der Waals surface area contributed by atoms with Crippen LogP contribution in [0, 0.1) is 12.8 Å². The number of aryl methyl sites for hydroxylation is 1. The summed E-state index contributed by atoms with van der Waals surface area (Å²) < 4.78 is 32.2. The van der Waals surface area contributed by atoms with E-state index in [0.717, 1.165) is 19.6 Å². The summed E-state index contributed by atoms with van der Waals surface area (Å²) in [5, 5.41) is 3.99. The highest BCUT2D eigenvalue weighted by atomic mass is 32.2. The van der Waals surface area contributed by atoms with Crippen molar-refractivity contribution in [2.75, 3.05) is 31.9 Å². The van der Waals surface area contributed by atoms with E-state index in [9.17, 15) is 8.42 Å². The SMILES string of the molecule is CCS(=O)(=O)N1C[C@@H]2CN(Cc3ccc(C(C)C)cc3)C[C@]2(c2nc(C)no2)C1. The van der Waals surface area contributed by atoms with Crippen LogP contribution in [0.5, 0.6) is 0 Å². The molecule has 29 heavy (non-hydrogen) atoms. The topological polar surface area (TPSA) is 79.5 Å². The van der Waals surface area contributed by atoms with Gasteiger partial charge in [0.2, 0.25) is 15.9 Å². The van der Waals surface area contributed by atoms with Gasteiger partial charge in [0.1, 0.15) is 0 Å². The van der Waals surface area contributed by atoms with Crippen molar-refractivity contribution in [2.24, 2.45) is 5.92 Å². The van der Waals surface area contributed by atoms with Crippen molar-refractivity contribution in [3.63, 3.8) is 0 Å². The lowest BCUT2D eigenvalue weighted by molar-refractivity contribution is 0.244. The summed E-state index contributed by atoms with van der Waals surface area (Å²) in [5.74, 6) is 1.95. The lowest BCUT2D eigenvalue weighted by Crippen LogP contribution is -2.40. The van der Waals surface area contributed by atoms with Gasteiger partial charge in [-0.2, -0.15) is 4.98 Å². The molecule has 0 radical (unpaired) electrons. The highest BCUT2D eigenvalue weighted by Crippen LogP contribution is 2.45. The fourth-order valence-electron chi connectivity index (χ4n) is 4.71. The summed E-state index contributed by atoms with van der Waals surface area (Å²) in [6.07, 6.45) is 0. The van der Waals surface area contributed by atoms with Crippen LogP contribution in [0.15, 0.2) is 28.8 Å². The van der Waals surface area contributed by atoms with Gasteiger partial charge in [0.15, 0.2) is 5.82 Å². The van der Waals surface area contributed by atoms with E-state index in [1.807, 2.05) is 0 Å². The molecule has 0 saturated carbocycles. The first kappa shape index (κ1) is 20.5. The molecule has 0 N–H and O–H groups in total. The third-order valence-corrected chi connectivity index (χ3v) is 8.21. The molecule has 1 aromatic carbocycles. The molecular weight excluding hydrogens is 388 g/mol. The van der Waals surface area contributed by atoms with Crippen LogP contribution in [0.2, 0.25) is 0 Å². The second-order valence-electron chi connectivity index (χ2n) is 8.76. The smallest absolute Gasteiger partial charge is 0.235 e. The van der Waals surface area contributed by atoms with Gasteiger partial charge in [0.25, 0.3) is 0 Å². The van der Waals surface area contributed by atoms with E-state index in [2.05, 4.69) is 53.2 Å². The van der Waals surface area contributed by atoms with Crippen molar-refractivity contribution in [3.8, 4) is 0 Å². The molecule has 2 fully saturated rings. The average molecular weight is 419 g/mol. The molecule has 2 aliphatic rings. The van der Waals surface area contributed by atoms with E-state index in [1.54, 1.807) is 18.2 Å². The number of hydrogen-bond donors (Lipinski definition) is 0. The van der Waals surface area contributed by atoms with Gasteiger partial charge in [-0.3, -0.25) is 4.90 Å². The highest BCUT2D eigenvalue weighted by Gasteiger charge is 2.58. The van der Waals surface area contributed by atoms with Crippen molar-refractivity contribution in [1.82, 2.24) is 19.3 Å². The van der Waals surface area contributed by atoms with Crippen LogP contribution in [0.25, 0.3) is 0 Å². The van der Waals surface area contributed by atoms with E-state index in [1.165, 1.54) is 11.1 Å². The zero-order chi connectivity index (χ0) is 20.8. The van der Waals surface area contributed by atoms with Gasteiger partial charge in [-0.25, -0.2) is 12.7 Å². The maximum Gasteiger partial charge on any atom is 0.235 e. The minimum absolute atomic E-state index is 0.116. The Hall–Kier alpha value is -1.77. The number of hydrogen-bond acceptors (Lipinski definition) is 6. The van der Waals surface area contributed by atoms with Gasteiger partial charge in [-0.15, -0.1) is 0 Å². The molecule has 4 rings (SSSR count). The average Bonchev–Trinajstić information content (AvgIpc) is 3.35. The molecule has 2 atom stereocenters.